The van der Waals surface area contributed by atoms with E-state index in [1.165, 1.54) is 0 Å². The van der Waals surface area contributed by atoms with Crippen LogP contribution < -0.4 is 4.74 Å². The Bertz CT molecular complexity index is 936. The number of hydrogen-bond donors (Lipinski definition) is 1. The van der Waals surface area contributed by atoms with Crippen LogP contribution in [0, 0.1) is 11.3 Å². The molecule has 1 N–H and O–H groups in total. The molecule has 7 heteroatoms. The van der Waals surface area contributed by atoms with Gasteiger partial charge in [-0.2, -0.15) is 0 Å². The van der Waals surface area contributed by atoms with Gasteiger partial charge in [0.25, 0.3) is 0 Å². The fraction of sp³-hybridized carbons (Fsp3) is 0.625. The zero-order valence-corrected chi connectivity index (χ0v) is 19.1. The SMILES string of the molecule is CC1(C)Oc2cc(Cl)ccc2[C@@H]2OCC3(CCN(CCn4ccnc4CO)CC3)C[C@H]21. The van der Waals surface area contributed by atoms with Crippen molar-refractivity contribution in [2.75, 3.05) is 26.2 Å². The molecule has 6 nitrogen and oxygen atoms in total. The third-order valence-corrected chi connectivity index (χ3v) is 7.89. The minimum atomic E-state index is -0.283. The molecule has 2 aromatic rings. The summed E-state index contributed by atoms with van der Waals surface area (Å²) >= 11 is 6.21. The Morgan fingerprint density at radius 1 is 1.23 bits per heavy atom. The van der Waals surface area contributed by atoms with E-state index >= 15 is 0 Å². The molecule has 168 valence electrons. The number of benzene rings is 1. The highest BCUT2D eigenvalue weighted by molar-refractivity contribution is 6.30. The van der Waals surface area contributed by atoms with Crippen LogP contribution in [0.1, 0.15) is 50.6 Å². The molecule has 4 heterocycles. The highest BCUT2D eigenvalue weighted by Gasteiger charge is 2.52. The first-order chi connectivity index (χ1) is 14.9. The number of likely N-dealkylation sites (tertiary alicyclic amines) is 1. The first-order valence-electron chi connectivity index (χ1n) is 11.3. The second-order valence-corrected chi connectivity index (χ2v) is 10.4. The molecule has 1 aromatic heterocycles. The second kappa shape index (κ2) is 8.07. The van der Waals surface area contributed by atoms with Gasteiger partial charge in [0.1, 0.15) is 23.8 Å². The number of ether oxygens (including phenoxy) is 2. The first-order valence-corrected chi connectivity index (χ1v) is 11.7. The number of aliphatic hydroxyl groups is 1. The van der Waals surface area contributed by atoms with Gasteiger partial charge < -0.3 is 24.0 Å². The third-order valence-electron chi connectivity index (χ3n) is 7.65. The van der Waals surface area contributed by atoms with E-state index in [1.807, 2.05) is 22.9 Å². The summed E-state index contributed by atoms with van der Waals surface area (Å²) in [6.45, 7) is 9.19. The van der Waals surface area contributed by atoms with Crippen LogP contribution in [-0.2, 0) is 17.9 Å². The number of aliphatic hydroxyl groups excluding tert-OH is 1. The monoisotopic (exact) mass is 445 g/mol. The molecule has 2 fully saturated rings. The number of hydrogen-bond acceptors (Lipinski definition) is 5. The van der Waals surface area contributed by atoms with Crippen molar-refractivity contribution in [2.45, 2.75) is 58.0 Å². The van der Waals surface area contributed by atoms with E-state index in [2.05, 4.69) is 29.8 Å². The van der Waals surface area contributed by atoms with Crippen LogP contribution in [-0.4, -0.2) is 51.4 Å². The van der Waals surface area contributed by atoms with Gasteiger partial charge in [0.2, 0.25) is 0 Å². The molecule has 0 saturated carbocycles. The molecule has 1 spiro atoms. The zero-order valence-electron chi connectivity index (χ0n) is 18.4. The fourth-order valence-corrected chi connectivity index (χ4v) is 5.83. The van der Waals surface area contributed by atoms with Gasteiger partial charge in [0.15, 0.2) is 0 Å². The van der Waals surface area contributed by atoms with Gasteiger partial charge in [-0.3, -0.25) is 0 Å². The van der Waals surface area contributed by atoms with Crippen LogP contribution in [0.3, 0.4) is 0 Å². The van der Waals surface area contributed by atoms with Crippen molar-refractivity contribution in [3.8, 4) is 5.75 Å². The van der Waals surface area contributed by atoms with Gasteiger partial charge >= 0.3 is 0 Å². The van der Waals surface area contributed by atoms with Crippen molar-refractivity contribution < 1.29 is 14.6 Å². The summed E-state index contributed by atoms with van der Waals surface area (Å²) < 4.78 is 15.0. The van der Waals surface area contributed by atoms with E-state index in [9.17, 15) is 5.11 Å². The van der Waals surface area contributed by atoms with Gasteiger partial charge in [-0.25, -0.2) is 4.98 Å². The minimum Gasteiger partial charge on any atom is -0.487 e. The molecule has 0 unspecified atom stereocenters. The summed E-state index contributed by atoms with van der Waals surface area (Å²) in [6, 6.07) is 5.93. The van der Waals surface area contributed by atoms with E-state index in [4.69, 9.17) is 21.1 Å². The standard InChI is InChI=1S/C24H32ClN3O3/c1-23(2)19-14-24(16-30-22(19)18-4-3-17(25)13-20(18)31-23)5-8-27(9-6-24)11-12-28-10-7-26-21(28)15-29/h3-4,7,10,13,19,22,29H,5-6,8-9,11-12,14-16H2,1-2H3/t19-,22+/m1/s1. The Morgan fingerprint density at radius 3 is 2.81 bits per heavy atom. The number of nitrogens with zero attached hydrogens (tertiary/aromatic N) is 3. The molecule has 0 bridgehead atoms. The lowest BCUT2D eigenvalue weighted by molar-refractivity contribution is -0.174. The van der Waals surface area contributed by atoms with Crippen LogP contribution >= 0.6 is 11.6 Å². The Hall–Kier alpha value is -1.60. The second-order valence-electron chi connectivity index (χ2n) is 9.97. The van der Waals surface area contributed by atoms with E-state index in [1.54, 1.807) is 6.20 Å². The molecule has 0 aliphatic carbocycles. The van der Waals surface area contributed by atoms with Gasteiger partial charge in [-0.1, -0.05) is 17.7 Å². The lowest BCUT2D eigenvalue weighted by Gasteiger charge is -2.54. The van der Waals surface area contributed by atoms with Crippen LogP contribution in [0.2, 0.25) is 5.02 Å². The Morgan fingerprint density at radius 2 is 2.03 bits per heavy atom. The summed E-state index contributed by atoms with van der Waals surface area (Å²) in [5.41, 5.74) is 1.09. The van der Waals surface area contributed by atoms with Crippen LogP contribution in [0.4, 0.5) is 0 Å². The molecule has 3 aliphatic rings. The van der Waals surface area contributed by atoms with Crippen molar-refractivity contribution in [2.24, 2.45) is 11.3 Å². The number of aromatic nitrogens is 2. The molecule has 2 saturated heterocycles. The zero-order chi connectivity index (χ0) is 21.6. The molecule has 5 rings (SSSR count). The smallest absolute Gasteiger partial charge is 0.134 e. The molecular formula is C24H32ClN3O3. The molecule has 31 heavy (non-hydrogen) atoms. The van der Waals surface area contributed by atoms with Gasteiger partial charge in [0.05, 0.1) is 12.7 Å². The van der Waals surface area contributed by atoms with Crippen molar-refractivity contribution >= 4 is 11.6 Å². The van der Waals surface area contributed by atoms with Gasteiger partial charge in [-0.15, -0.1) is 0 Å². The summed E-state index contributed by atoms with van der Waals surface area (Å²) in [5.74, 6) is 1.94. The highest BCUT2D eigenvalue weighted by atomic mass is 35.5. The number of fused-ring (bicyclic) bond motifs is 3. The molecule has 0 amide bonds. The average Bonchev–Trinajstić information content (AvgIpc) is 3.21. The number of rotatable bonds is 4. The van der Waals surface area contributed by atoms with Crippen molar-refractivity contribution in [1.29, 1.82) is 0 Å². The van der Waals surface area contributed by atoms with Crippen LogP contribution in [0.25, 0.3) is 0 Å². The Kier molecular flexibility index (Phi) is 5.53. The number of halogens is 1. The van der Waals surface area contributed by atoms with Crippen LogP contribution in [0.15, 0.2) is 30.6 Å². The van der Waals surface area contributed by atoms with E-state index < -0.39 is 0 Å². The maximum atomic E-state index is 9.39. The molecule has 1 aromatic carbocycles. The first kappa shape index (κ1) is 21.3. The van der Waals surface area contributed by atoms with Crippen molar-refractivity contribution in [3.63, 3.8) is 0 Å². The summed E-state index contributed by atoms with van der Waals surface area (Å²) in [7, 11) is 0. The van der Waals surface area contributed by atoms with E-state index in [-0.39, 0.29) is 23.7 Å². The fourth-order valence-electron chi connectivity index (χ4n) is 5.67. The molecular weight excluding hydrogens is 414 g/mol. The van der Waals surface area contributed by atoms with E-state index in [0.717, 1.165) is 69.2 Å². The van der Waals surface area contributed by atoms with Crippen molar-refractivity contribution in [3.05, 3.63) is 47.0 Å². The normalized spacial score (nSPS) is 26.8. The molecule has 0 radical (unpaired) electrons. The molecule has 2 atom stereocenters. The number of piperidine rings is 1. The maximum absolute atomic E-state index is 9.39. The predicted octanol–water partition coefficient (Wildman–Crippen LogP) is 4.06. The van der Waals surface area contributed by atoms with E-state index in [0.29, 0.717) is 10.9 Å². The number of imidazole rings is 1. The summed E-state index contributed by atoms with van der Waals surface area (Å²) in [4.78, 5) is 6.72. The third kappa shape index (κ3) is 3.99. The Labute approximate surface area is 189 Å². The average molecular weight is 446 g/mol. The van der Waals surface area contributed by atoms with Crippen LogP contribution in [0.5, 0.6) is 5.75 Å². The Balaban J connectivity index is 1.24. The quantitative estimate of drug-likeness (QED) is 0.769. The lowest BCUT2D eigenvalue weighted by atomic mass is 9.64. The van der Waals surface area contributed by atoms with Crippen molar-refractivity contribution in [1.82, 2.24) is 14.5 Å². The largest absolute Gasteiger partial charge is 0.487 e. The van der Waals surface area contributed by atoms with Gasteiger partial charge in [-0.05, 0) is 63.7 Å². The highest BCUT2D eigenvalue weighted by Crippen LogP contribution is 2.55. The predicted molar refractivity (Wildman–Crippen MR) is 119 cm³/mol. The summed E-state index contributed by atoms with van der Waals surface area (Å²) in [6.07, 6.45) is 7.22. The lowest BCUT2D eigenvalue weighted by Crippen LogP contribution is -2.54. The summed E-state index contributed by atoms with van der Waals surface area (Å²) in [5, 5.41) is 10.1. The topological polar surface area (TPSA) is 59.8 Å². The maximum Gasteiger partial charge on any atom is 0.134 e. The minimum absolute atomic E-state index is 0.0107. The molecule has 3 aliphatic heterocycles. The van der Waals surface area contributed by atoms with Gasteiger partial charge in [0, 0.05) is 42.0 Å².